The average Bonchev–Trinajstić information content (AvgIpc) is 3.02. The van der Waals surface area contributed by atoms with Crippen LogP contribution < -0.4 is 0 Å². The van der Waals surface area contributed by atoms with E-state index in [4.69, 9.17) is 0 Å². The predicted molar refractivity (Wildman–Crippen MR) is 167 cm³/mol. The van der Waals surface area contributed by atoms with Crippen molar-refractivity contribution in [3.63, 3.8) is 0 Å². The highest BCUT2D eigenvalue weighted by Crippen LogP contribution is 2.54. The summed E-state index contributed by atoms with van der Waals surface area (Å²) in [5.41, 5.74) is 0. The summed E-state index contributed by atoms with van der Waals surface area (Å²) in [7, 11) is 0. The largest absolute Gasteiger partial charge is 0.393 e. The van der Waals surface area contributed by atoms with Crippen molar-refractivity contribution in [2.45, 2.75) is 173 Å². The quantitative estimate of drug-likeness (QED) is 0.343. The number of aliphatic hydroxyl groups is 2. The van der Waals surface area contributed by atoms with Gasteiger partial charge in [-0.25, -0.2) is 0 Å². The van der Waals surface area contributed by atoms with E-state index in [-0.39, 0.29) is 12.2 Å². The third-order valence-corrected chi connectivity index (χ3v) is 14.6. The Balaban J connectivity index is 1.22. The average molecular weight is 555 g/mol. The fraction of sp³-hybridized carbons (Fsp3) is 1.00. The first kappa shape index (κ1) is 30.0. The molecule has 2 heteroatoms. The molecule has 0 aromatic rings. The van der Waals surface area contributed by atoms with Gasteiger partial charge in [-0.2, -0.15) is 0 Å². The van der Waals surface area contributed by atoms with Crippen LogP contribution in [0.3, 0.4) is 0 Å². The van der Waals surface area contributed by atoms with Crippen LogP contribution >= 0.6 is 0 Å². The van der Waals surface area contributed by atoms with Crippen molar-refractivity contribution >= 4 is 0 Å². The summed E-state index contributed by atoms with van der Waals surface area (Å²) in [5.74, 6) is 7.71. The lowest BCUT2D eigenvalue weighted by atomic mass is 9.55. The number of aliphatic hydroxyl groups excluding tert-OH is 2. The molecule has 2 nitrogen and oxygen atoms in total. The van der Waals surface area contributed by atoms with Gasteiger partial charge in [0.25, 0.3) is 0 Å². The number of hydrogen-bond donors (Lipinski definition) is 2. The van der Waals surface area contributed by atoms with Crippen LogP contribution in [0.15, 0.2) is 0 Å². The van der Waals surface area contributed by atoms with Crippen molar-refractivity contribution in [3.8, 4) is 0 Å². The zero-order chi connectivity index (χ0) is 27.5. The van der Waals surface area contributed by atoms with Crippen molar-refractivity contribution in [2.24, 2.45) is 65.1 Å². The molecule has 0 spiro atoms. The molecule has 0 aromatic heterocycles. The third kappa shape index (κ3) is 6.69. The minimum absolute atomic E-state index is 0.0344. The Kier molecular flexibility index (Phi) is 10.6. The summed E-state index contributed by atoms with van der Waals surface area (Å²) in [5, 5.41) is 23.9. The van der Waals surface area contributed by atoms with Crippen LogP contribution in [0.2, 0.25) is 0 Å². The Morgan fingerprint density at radius 2 is 0.600 bits per heavy atom. The predicted octanol–water partition coefficient (Wildman–Crippen LogP) is 9.95. The van der Waals surface area contributed by atoms with Crippen LogP contribution in [0.25, 0.3) is 0 Å². The highest BCUT2D eigenvalue weighted by Gasteiger charge is 2.49. The lowest BCUT2D eigenvalue weighted by molar-refractivity contribution is -0.0961. The van der Waals surface area contributed by atoms with Gasteiger partial charge in [0, 0.05) is 0 Å². The molecule has 40 heavy (non-hydrogen) atoms. The van der Waals surface area contributed by atoms with Gasteiger partial charge in [-0.3, -0.25) is 0 Å². The molecule has 0 heterocycles. The second kappa shape index (κ2) is 14.1. The van der Waals surface area contributed by atoms with Crippen LogP contribution in [0, 0.1) is 65.1 Å². The Morgan fingerprint density at radius 1 is 0.375 bits per heavy atom. The standard InChI is InChI=1S/C38H66O2/c1-26(31-22-33(27-14-6-2-7-15-27)37(39)34(23-31)28-16-8-3-9-17-28)32-24-35(29-18-10-4-11-19-29)38(40)36(25-32)30-20-12-5-13-21-30/h26-40H,2-25H2,1H3. The van der Waals surface area contributed by atoms with Gasteiger partial charge in [-0.1, -0.05) is 135 Å². The number of hydrogen-bond acceptors (Lipinski definition) is 2. The van der Waals surface area contributed by atoms with Gasteiger partial charge in [-0.15, -0.1) is 0 Å². The summed E-state index contributed by atoms with van der Waals surface area (Å²) in [6, 6.07) is 0. The maximum absolute atomic E-state index is 12.0. The normalized spacial score (nSPS) is 43.0. The molecular formula is C38H66O2. The summed E-state index contributed by atoms with van der Waals surface area (Å²) in [6.45, 7) is 2.66. The Hall–Kier alpha value is -0.0800. The molecule has 0 aliphatic heterocycles. The molecule has 0 amide bonds. The highest BCUT2D eigenvalue weighted by atomic mass is 16.3. The van der Waals surface area contributed by atoms with Gasteiger partial charge in [0.1, 0.15) is 0 Å². The summed E-state index contributed by atoms with van der Waals surface area (Å²) in [6.07, 6.45) is 33.0. The molecular weight excluding hydrogens is 488 g/mol. The molecule has 4 atom stereocenters. The highest BCUT2D eigenvalue weighted by molar-refractivity contribution is 4.99. The zero-order valence-corrected chi connectivity index (χ0v) is 26.4. The summed E-state index contributed by atoms with van der Waals surface area (Å²) >= 11 is 0. The van der Waals surface area contributed by atoms with Crippen LogP contribution in [0.4, 0.5) is 0 Å². The minimum Gasteiger partial charge on any atom is -0.393 e. The van der Waals surface area contributed by atoms with Gasteiger partial charge in [0.05, 0.1) is 12.2 Å². The summed E-state index contributed by atoms with van der Waals surface area (Å²) < 4.78 is 0. The van der Waals surface area contributed by atoms with Crippen molar-refractivity contribution in [2.75, 3.05) is 0 Å². The third-order valence-electron chi connectivity index (χ3n) is 14.6. The van der Waals surface area contributed by atoms with E-state index in [2.05, 4.69) is 6.92 Å². The smallest absolute Gasteiger partial charge is 0.0602 e. The maximum Gasteiger partial charge on any atom is 0.0602 e. The molecule has 6 aliphatic carbocycles. The van der Waals surface area contributed by atoms with E-state index < -0.39 is 0 Å². The van der Waals surface area contributed by atoms with Gasteiger partial charge in [-0.05, 0) is 90.8 Å². The first-order valence-corrected chi connectivity index (χ1v) is 19.0. The number of rotatable bonds is 6. The Labute approximate surface area is 248 Å². The Bertz CT molecular complexity index is 623. The maximum atomic E-state index is 12.0. The lowest BCUT2D eigenvalue weighted by Crippen LogP contribution is -2.49. The second-order valence-corrected chi connectivity index (χ2v) is 16.6. The Morgan fingerprint density at radius 3 is 0.825 bits per heavy atom. The molecule has 230 valence electrons. The molecule has 6 saturated carbocycles. The molecule has 6 rings (SSSR count). The van der Waals surface area contributed by atoms with E-state index in [0.29, 0.717) is 23.7 Å². The van der Waals surface area contributed by atoms with Gasteiger partial charge in [0.15, 0.2) is 0 Å². The van der Waals surface area contributed by atoms with Gasteiger partial charge in [0.2, 0.25) is 0 Å². The second-order valence-electron chi connectivity index (χ2n) is 16.6. The molecule has 0 radical (unpaired) electrons. The monoisotopic (exact) mass is 555 g/mol. The van der Waals surface area contributed by atoms with E-state index >= 15 is 0 Å². The first-order chi connectivity index (χ1) is 19.6. The molecule has 0 saturated heterocycles. The van der Waals surface area contributed by atoms with Gasteiger partial charge < -0.3 is 10.2 Å². The molecule has 4 unspecified atom stereocenters. The van der Waals surface area contributed by atoms with Crippen LogP contribution in [0.5, 0.6) is 0 Å². The van der Waals surface area contributed by atoms with E-state index in [1.165, 1.54) is 154 Å². The lowest BCUT2D eigenvalue weighted by Gasteiger charge is -2.52. The van der Waals surface area contributed by atoms with E-state index in [1.54, 1.807) is 0 Å². The first-order valence-electron chi connectivity index (χ1n) is 19.0. The SMILES string of the molecule is CC(C1CC(C2CCCCC2)C(O)C(C2CCCCC2)C1)C1CC(C2CCCCC2)C(O)C(C2CCCCC2)C1. The molecule has 0 aromatic carbocycles. The van der Waals surface area contributed by atoms with Crippen LogP contribution in [0.1, 0.15) is 161 Å². The van der Waals surface area contributed by atoms with Crippen molar-refractivity contribution in [1.29, 1.82) is 0 Å². The van der Waals surface area contributed by atoms with Crippen molar-refractivity contribution in [3.05, 3.63) is 0 Å². The van der Waals surface area contributed by atoms with Gasteiger partial charge >= 0.3 is 0 Å². The molecule has 2 N–H and O–H groups in total. The van der Waals surface area contributed by atoms with Crippen LogP contribution in [-0.4, -0.2) is 22.4 Å². The fourth-order valence-corrected chi connectivity index (χ4v) is 12.2. The van der Waals surface area contributed by atoms with Crippen molar-refractivity contribution in [1.82, 2.24) is 0 Å². The van der Waals surface area contributed by atoms with E-state index in [9.17, 15) is 10.2 Å². The van der Waals surface area contributed by atoms with Crippen molar-refractivity contribution < 1.29 is 10.2 Å². The topological polar surface area (TPSA) is 40.5 Å². The van der Waals surface area contributed by atoms with E-state index in [0.717, 1.165) is 41.4 Å². The van der Waals surface area contributed by atoms with E-state index in [1.807, 2.05) is 0 Å². The fourth-order valence-electron chi connectivity index (χ4n) is 12.2. The molecule has 6 fully saturated rings. The minimum atomic E-state index is -0.0344. The summed E-state index contributed by atoms with van der Waals surface area (Å²) in [4.78, 5) is 0. The molecule has 6 aliphatic rings. The zero-order valence-electron chi connectivity index (χ0n) is 26.4. The molecule has 0 bridgehead atoms. The van der Waals surface area contributed by atoms with Crippen LogP contribution in [-0.2, 0) is 0 Å².